The summed E-state index contributed by atoms with van der Waals surface area (Å²) in [6, 6.07) is 5.00. The highest BCUT2D eigenvalue weighted by molar-refractivity contribution is 5.92. The molecule has 0 saturated heterocycles. The summed E-state index contributed by atoms with van der Waals surface area (Å²) in [7, 11) is 0. The first-order valence-corrected chi connectivity index (χ1v) is 7.09. The van der Waals surface area contributed by atoms with Crippen LogP contribution in [0.3, 0.4) is 0 Å². The quantitative estimate of drug-likeness (QED) is 0.907. The minimum absolute atomic E-state index is 0.108. The fourth-order valence-electron chi connectivity index (χ4n) is 2.39. The Morgan fingerprint density at radius 1 is 1.38 bits per heavy atom. The van der Waals surface area contributed by atoms with Crippen molar-refractivity contribution in [3.05, 3.63) is 29.6 Å². The van der Waals surface area contributed by atoms with Crippen LogP contribution in [-0.2, 0) is 12.0 Å². The van der Waals surface area contributed by atoms with Crippen molar-refractivity contribution in [1.29, 1.82) is 0 Å². The topological polar surface area (TPSA) is 75.3 Å². The Morgan fingerprint density at radius 2 is 2.05 bits per heavy atom. The molecule has 5 nitrogen and oxygen atoms in total. The Labute approximate surface area is 124 Å². The van der Waals surface area contributed by atoms with Gasteiger partial charge in [0.1, 0.15) is 5.82 Å². The van der Waals surface area contributed by atoms with Gasteiger partial charge in [-0.05, 0) is 24.1 Å². The number of rotatable bonds is 4. The molecule has 0 saturated carbocycles. The summed E-state index contributed by atoms with van der Waals surface area (Å²) in [6.45, 7) is 8.97. The van der Waals surface area contributed by atoms with E-state index in [1.807, 2.05) is 6.92 Å². The molecule has 1 aromatic heterocycles. The van der Waals surface area contributed by atoms with Crippen molar-refractivity contribution in [1.82, 2.24) is 9.55 Å². The Balaban J connectivity index is 2.64. The highest BCUT2D eigenvalue weighted by atomic mass is 16.4. The van der Waals surface area contributed by atoms with Crippen molar-refractivity contribution in [3.63, 3.8) is 0 Å². The number of hydrogen-bond acceptors (Lipinski definition) is 3. The van der Waals surface area contributed by atoms with Crippen molar-refractivity contribution in [2.45, 2.75) is 39.7 Å². The summed E-state index contributed by atoms with van der Waals surface area (Å²) >= 11 is 0. The number of hydrogen-bond donors (Lipinski definition) is 2. The van der Waals surface area contributed by atoms with E-state index in [9.17, 15) is 9.90 Å². The molecule has 21 heavy (non-hydrogen) atoms. The van der Waals surface area contributed by atoms with Gasteiger partial charge in [-0.25, -0.2) is 9.78 Å². The molecule has 0 aliphatic rings. The number of fused-ring (bicyclic) bond motifs is 1. The number of aromatic carboxylic acids is 1. The minimum Gasteiger partial charge on any atom is -0.478 e. The Kier molecular flexibility index (Phi) is 4.05. The maximum absolute atomic E-state index is 11.1. The van der Waals surface area contributed by atoms with Gasteiger partial charge in [-0.15, -0.1) is 0 Å². The lowest BCUT2D eigenvalue weighted by Crippen LogP contribution is -2.22. The number of nitrogens with zero attached hydrogens (tertiary/aromatic N) is 2. The van der Waals surface area contributed by atoms with Crippen LogP contribution in [0.2, 0.25) is 0 Å². The SMILES string of the molecule is CC(CO)Cn1c(C(C)(C)C)nc2cc(C(=O)O)ccc21. The zero-order chi connectivity index (χ0) is 15.8. The normalized spacial score (nSPS) is 13.6. The van der Waals surface area contributed by atoms with Crippen molar-refractivity contribution in [2.75, 3.05) is 6.61 Å². The van der Waals surface area contributed by atoms with E-state index in [0.717, 1.165) is 11.3 Å². The molecule has 2 rings (SSSR count). The first kappa shape index (κ1) is 15.5. The van der Waals surface area contributed by atoms with E-state index in [0.29, 0.717) is 12.1 Å². The summed E-state index contributed by atoms with van der Waals surface area (Å²) in [5.74, 6) is 0.0653. The summed E-state index contributed by atoms with van der Waals surface area (Å²) in [4.78, 5) is 15.7. The average molecular weight is 290 g/mol. The maximum atomic E-state index is 11.1. The number of carbonyl (C=O) groups is 1. The van der Waals surface area contributed by atoms with Crippen LogP contribution in [0.5, 0.6) is 0 Å². The van der Waals surface area contributed by atoms with Gasteiger partial charge < -0.3 is 14.8 Å². The molecule has 0 aliphatic carbocycles. The molecular weight excluding hydrogens is 268 g/mol. The lowest BCUT2D eigenvalue weighted by Gasteiger charge is -2.21. The lowest BCUT2D eigenvalue weighted by molar-refractivity contribution is 0.0697. The number of imidazole rings is 1. The Bertz CT molecular complexity index is 668. The average Bonchev–Trinajstić information content (AvgIpc) is 2.76. The van der Waals surface area contributed by atoms with Crippen LogP contribution in [0.15, 0.2) is 18.2 Å². The Hall–Kier alpha value is -1.88. The van der Waals surface area contributed by atoms with Gasteiger partial charge in [0.15, 0.2) is 0 Å². The number of aliphatic hydroxyl groups is 1. The van der Waals surface area contributed by atoms with E-state index in [2.05, 4.69) is 30.3 Å². The summed E-state index contributed by atoms with van der Waals surface area (Å²) < 4.78 is 2.09. The third kappa shape index (κ3) is 3.08. The van der Waals surface area contributed by atoms with Gasteiger partial charge in [0.25, 0.3) is 0 Å². The molecule has 1 aromatic carbocycles. The second-order valence-electron chi connectivity index (χ2n) is 6.59. The first-order chi connectivity index (χ1) is 9.74. The van der Waals surface area contributed by atoms with E-state index >= 15 is 0 Å². The third-order valence-electron chi connectivity index (χ3n) is 3.47. The van der Waals surface area contributed by atoms with Crippen LogP contribution in [0.1, 0.15) is 43.9 Å². The molecule has 0 radical (unpaired) electrons. The van der Waals surface area contributed by atoms with E-state index in [1.165, 1.54) is 0 Å². The molecule has 2 N–H and O–H groups in total. The molecule has 5 heteroatoms. The standard InChI is InChI=1S/C16H22N2O3/c1-10(9-19)8-18-13-6-5-11(14(20)21)7-12(13)17-15(18)16(2,3)4/h5-7,10,19H,8-9H2,1-4H3,(H,20,21). The molecular formula is C16H22N2O3. The van der Waals surface area contributed by atoms with E-state index in [-0.39, 0.29) is 23.5 Å². The molecule has 1 atom stereocenters. The van der Waals surface area contributed by atoms with E-state index in [1.54, 1.807) is 18.2 Å². The largest absolute Gasteiger partial charge is 0.478 e. The Morgan fingerprint density at radius 3 is 2.57 bits per heavy atom. The lowest BCUT2D eigenvalue weighted by atomic mass is 9.95. The molecule has 114 valence electrons. The monoisotopic (exact) mass is 290 g/mol. The second kappa shape index (κ2) is 5.48. The highest BCUT2D eigenvalue weighted by Gasteiger charge is 2.24. The minimum atomic E-state index is -0.951. The smallest absolute Gasteiger partial charge is 0.335 e. The highest BCUT2D eigenvalue weighted by Crippen LogP contribution is 2.28. The number of aliphatic hydroxyl groups excluding tert-OH is 1. The fourth-order valence-corrected chi connectivity index (χ4v) is 2.39. The van der Waals surface area contributed by atoms with Gasteiger partial charge in [0, 0.05) is 18.6 Å². The molecule has 1 unspecified atom stereocenters. The van der Waals surface area contributed by atoms with Crippen molar-refractivity contribution in [3.8, 4) is 0 Å². The van der Waals surface area contributed by atoms with E-state index < -0.39 is 5.97 Å². The molecule has 0 fully saturated rings. The molecule has 0 bridgehead atoms. The van der Waals surface area contributed by atoms with E-state index in [4.69, 9.17) is 5.11 Å². The second-order valence-corrected chi connectivity index (χ2v) is 6.59. The van der Waals surface area contributed by atoms with Crippen LogP contribution in [0.25, 0.3) is 11.0 Å². The zero-order valence-corrected chi connectivity index (χ0v) is 12.9. The van der Waals surface area contributed by atoms with Gasteiger partial charge in [0.2, 0.25) is 0 Å². The van der Waals surface area contributed by atoms with Crippen molar-refractivity contribution >= 4 is 17.0 Å². The number of aromatic nitrogens is 2. The van der Waals surface area contributed by atoms with Gasteiger partial charge >= 0.3 is 5.97 Å². The number of carboxylic acids is 1. The zero-order valence-electron chi connectivity index (χ0n) is 12.9. The predicted octanol–water partition coefficient (Wildman–Crippen LogP) is 2.66. The van der Waals surface area contributed by atoms with Gasteiger partial charge in [-0.2, -0.15) is 0 Å². The molecule has 2 aromatic rings. The van der Waals surface area contributed by atoms with Crippen LogP contribution in [0, 0.1) is 5.92 Å². The fraction of sp³-hybridized carbons (Fsp3) is 0.500. The van der Waals surface area contributed by atoms with Gasteiger partial charge in [-0.3, -0.25) is 0 Å². The third-order valence-corrected chi connectivity index (χ3v) is 3.47. The first-order valence-electron chi connectivity index (χ1n) is 7.09. The van der Waals surface area contributed by atoms with Crippen molar-refractivity contribution < 1.29 is 15.0 Å². The molecule has 0 aliphatic heterocycles. The molecule has 0 spiro atoms. The molecule has 0 amide bonds. The summed E-state index contributed by atoms with van der Waals surface area (Å²) in [6.07, 6.45) is 0. The van der Waals surface area contributed by atoms with Gasteiger partial charge in [0.05, 0.1) is 16.6 Å². The predicted molar refractivity (Wildman–Crippen MR) is 81.6 cm³/mol. The maximum Gasteiger partial charge on any atom is 0.335 e. The summed E-state index contributed by atoms with van der Waals surface area (Å²) in [5, 5.41) is 18.4. The van der Waals surface area contributed by atoms with Crippen LogP contribution < -0.4 is 0 Å². The number of carboxylic acid groups (broad SMARTS) is 1. The van der Waals surface area contributed by atoms with Crippen LogP contribution >= 0.6 is 0 Å². The van der Waals surface area contributed by atoms with Crippen LogP contribution in [-0.4, -0.2) is 32.3 Å². The van der Waals surface area contributed by atoms with Crippen molar-refractivity contribution in [2.24, 2.45) is 5.92 Å². The van der Waals surface area contributed by atoms with Crippen LogP contribution in [0.4, 0.5) is 0 Å². The van der Waals surface area contributed by atoms with Gasteiger partial charge in [-0.1, -0.05) is 27.7 Å². The summed E-state index contributed by atoms with van der Waals surface area (Å²) in [5.41, 5.74) is 1.68. The molecule has 1 heterocycles. The number of benzene rings is 1.